The molecular formula is C23H25N5O3S. The van der Waals surface area contributed by atoms with Crippen molar-refractivity contribution < 1.29 is 14.3 Å². The highest BCUT2D eigenvalue weighted by molar-refractivity contribution is 7.99. The third-order valence-electron chi connectivity index (χ3n) is 4.33. The van der Waals surface area contributed by atoms with Gasteiger partial charge in [0.25, 0.3) is 5.91 Å². The molecule has 9 heteroatoms. The maximum absolute atomic E-state index is 12.3. The van der Waals surface area contributed by atoms with E-state index in [-0.39, 0.29) is 24.1 Å². The van der Waals surface area contributed by atoms with Crippen LogP contribution in [-0.4, -0.2) is 38.9 Å². The monoisotopic (exact) mass is 451 g/mol. The van der Waals surface area contributed by atoms with E-state index in [1.165, 1.54) is 11.8 Å². The van der Waals surface area contributed by atoms with Gasteiger partial charge in [0.05, 0.1) is 18.9 Å². The molecule has 2 aromatic carbocycles. The zero-order chi connectivity index (χ0) is 22.8. The molecule has 1 aromatic heterocycles. The number of hydrogen-bond acceptors (Lipinski definition) is 6. The Morgan fingerprint density at radius 1 is 1.12 bits per heavy atom. The fraction of sp³-hybridized carbons (Fsp3) is 0.217. The first-order valence-corrected chi connectivity index (χ1v) is 11.1. The molecular weight excluding hydrogens is 426 g/mol. The summed E-state index contributed by atoms with van der Waals surface area (Å²) in [5, 5.41) is 14.6. The Labute approximate surface area is 191 Å². The Balaban J connectivity index is 1.56. The zero-order valence-corrected chi connectivity index (χ0v) is 18.6. The standard InChI is InChI=1S/C23H25N5O3S/c1-3-14-28-20(15-24-22(30)17-8-6-5-7-9-17)26-27-23(28)32-16-21(29)25-18-10-12-19(13-11-18)31-4-2/h3,5-13H,1,4,14-16H2,2H3,(H,24,30)(H,25,29). The molecule has 0 aliphatic carbocycles. The molecule has 0 radical (unpaired) electrons. The number of benzene rings is 2. The van der Waals surface area contributed by atoms with Gasteiger partial charge in [0.1, 0.15) is 5.75 Å². The summed E-state index contributed by atoms with van der Waals surface area (Å²) in [6.45, 7) is 6.96. The minimum atomic E-state index is -0.192. The van der Waals surface area contributed by atoms with Crippen LogP contribution in [0.1, 0.15) is 23.1 Å². The summed E-state index contributed by atoms with van der Waals surface area (Å²) < 4.78 is 7.23. The summed E-state index contributed by atoms with van der Waals surface area (Å²) in [4.78, 5) is 24.6. The Bertz CT molecular complexity index is 1050. The van der Waals surface area contributed by atoms with Crippen LogP contribution in [0.2, 0.25) is 0 Å². The van der Waals surface area contributed by atoms with E-state index in [1.807, 2.05) is 41.8 Å². The van der Waals surface area contributed by atoms with Crippen molar-refractivity contribution in [3.05, 3.63) is 78.6 Å². The number of thioether (sulfide) groups is 1. The normalized spacial score (nSPS) is 10.4. The Morgan fingerprint density at radius 3 is 2.56 bits per heavy atom. The highest BCUT2D eigenvalue weighted by Crippen LogP contribution is 2.19. The molecule has 0 atom stereocenters. The molecule has 0 bridgehead atoms. The van der Waals surface area contributed by atoms with Crippen LogP contribution in [0.4, 0.5) is 5.69 Å². The number of amides is 2. The Kier molecular flexibility index (Phi) is 8.44. The van der Waals surface area contributed by atoms with Crippen LogP contribution in [0.5, 0.6) is 5.75 Å². The van der Waals surface area contributed by atoms with E-state index in [1.54, 1.807) is 30.3 Å². The van der Waals surface area contributed by atoms with Gasteiger partial charge < -0.3 is 19.9 Å². The van der Waals surface area contributed by atoms with Crippen molar-refractivity contribution >= 4 is 29.3 Å². The Morgan fingerprint density at radius 2 is 1.88 bits per heavy atom. The number of ether oxygens (including phenoxy) is 1. The molecule has 0 unspecified atom stereocenters. The minimum Gasteiger partial charge on any atom is -0.494 e. The number of hydrogen-bond donors (Lipinski definition) is 2. The maximum atomic E-state index is 12.3. The van der Waals surface area contributed by atoms with Crippen molar-refractivity contribution in [2.45, 2.75) is 25.2 Å². The van der Waals surface area contributed by atoms with Gasteiger partial charge in [-0.2, -0.15) is 0 Å². The number of carbonyl (C=O) groups is 2. The van der Waals surface area contributed by atoms with Crippen molar-refractivity contribution in [1.29, 1.82) is 0 Å². The first-order chi connectivity index (χ1) is 15.6. The van der Waals surface area contributed by atoms with Crippen LogP contribution < -0.4 is 15.4 Å². The first kappa shape index (κ1) is 23.1. The van der Waals surface area contributed by atoms with E-state index in [2.05, 4.69) is 27.4 Å². The summed E-state index contributed by atoms with van der Waals surface area (Å²) in [5.74, 6) is 1.15. The molecule has 2 amide bonds. The van der Waals surface area contributed by atoms with E-state index in [0.717, 1.165) is 5.75 Å². The zero-order valence-electron chi connectivity index (χ0n) is 17.8. The van der Waals surface area contributed by atoms with E-state index < -0.39 is 0 Å². The second-order valence-corrected chi connectivity index (χ2v) is 7.58. The summed E-state index contributed by atoms with van der Waals surface area (Å²) in [6, 6.07) is 16.2. The lowest BCUT2D eigenvalue weighted by Gasteiger charge is -2.09. The number of aromatic nitrogens is 3. The molecule has 2 N–H and O–H groups in total. The van der Waals surface area contributed by atoms with Crippen LogP contribution in [-0.2, 0) is 17.9 Å². The van der Waals surface area contributed by atoms with Crippen LogP contribution in [0, 0.1) is 0 Å². The van der Waals surface area contributed by atoms with Gasteiger partial charge in [-0.05, 0) is 43.3 Å². The van der Waals surface area contributed by atoms with Gasteiger partial charge in [-0.15, -0.1) is 16.8 Å². The van der Waals surface area contributed by atoms with Gasteiger partial charge in [-0.1, -0.05) is 36.0 Å². The van der Waals surface area contributed by atoms with E-state index in [9.17, 15) is 9.59 Å². The quantitative estimate of drug-likeness (QED) is 0.342. The molecule has 3 aromatic rings. The van der Waals surface area contributed by atoms with Crippen LogP contribution in [0.25, 0.3) is 0 Å². The largest absolute Gasteiger partial charge is 0.494 e. The van der Waals surface area contributed by atoms with Crippen molar-refractivity contribution in [3.63, 3.8) is 0 Å². The van der Waals surface area contributed by atoms with Crippen LogP contribution in [0.15, 0.2) is 72.4 Å². The van der Waals surface area contributed by atoms with Crippen molar-refractivity contribution in [2.75, 3.05) is 17.7 Å². The molecule has 0 fully saturated rings. The molecule has 0 spiro atoms. The van der Waals surface area contributed by atoms with E-state index in [4.69, 9.17) is 4.74 Å². The lowest BCUT2D eigenvalue weighted by molar-refractivity contribution is -0.113. The lowest BCUT2D eigenvalue weighted by atomic mass is 10.2. The smallest absolute Gasteiger partial charge is 0.251 e. The maximum Gasteiger partial charge on any atom is 0.251 e. The molecule has 1 heterocycles. The minimum absolute atomic E-state index is 0.161. The molecule has 0 saturated carbocycles. The third-order valence-corrected chi connectivity index (χ3v) is 5.30. The fourth-order valence-electron chi connectivity index (χ4n) is 2.85. The number of anilines is 1. The number of nitrogens with zero attached hydrogens (tertiary/aromatic N) is 3. The Hall–Kier alpha value is -3.59. The third kappa shape index (κ3) is 6.45. The van der Waals surface area contributed by atoms with Gasteiger partial charge in [-0.25, -0.2) is 0 Å². The fourth-order valence-corrected chi connectivity index (χ4v) is 3.61. The molecule has 3 rings (SSSR count). The van der Waals surface area contributed by atoms with Gasteiger partial charge in [0.15, 0.2) is 11.0 Å². The van der Waals surface area contributed by atoms with Gasteiger partial charge in [0, 0.05) is 17.8 Å². The molecule has 8 nitrogen and oxygen atoms in total. The summed E-state index contributed by atoms with van der Waals surface area (Å²) in [7, 11) is 0. The molecule has 0 aliphatic heterocycles. The average molecular weight is 452 g/mol. The molecule has 0 saturated heterocycles. The topological polar surface area (TPSA) is 98.1 Å². The summed E-state index contributed by atoms with van der Waals surface area (Å²) >= 11 is 1.27. The van der Waals surface area contributed by atoms with Crippen molar-refractivity contribution in [3.8, 4) is 5.75 Å². The van der Waals surface area contributed by atoms with Gasteiger partial charge >= 0.3 is 0 Å². The number of allylic oxidation sites excluding steroid dienone is 1. The van der Waals surface area contributed by atoms with E-state index in [0.29, 0.717) is 35.4 Å². The second-order valence-electron chi connectivity index (χ2n) is 6.64. The lowest BCUT2D eigenvalue weighted by Crippen LogP contribution is -2.24. The van der Waals surface area contributed by atoms with E-state index >= 15 is 0 Å². The van der Waals surface area contributed by atoms with Crippen LogP contribution in [0.3, 0.4) is 0 Å². The predicted octanol–water partition coefficient (Wildman–Crippen LogP) is 3.52. The SMILES string of the molecule is C=CCn1c(CNC(=O)c2ccccc2)nnc1SCC(=O)Nc1ccc(OCC)cc1. The number of nitrogens with one attached hydrogen (secondary N) is 2. The predicted molar refractivity (Wildman–Crippen MR) is 125 cm³/mol. The van der Waals surface area contributed by atoms with Gasteiger partial charge in [0.2, 0.25) is 5.91 Å². The average Bonchev–Trinajstić information content (AvgIpc) is 3.20. The highest BCUT2D eigenvalue weighted by Gasteiger charge is 2.15. The first-order valence-electron chi connectivity index (χ1n) is 10.1. The van der Waals surface area contributed by atoms with Gasteiger partial charge in [-0.3, -0.25) is 9.59 Å². The second kappa shape index (κ2) is 11.7. The summed E-state index contributed by atoms with van der Waals surface area (Å²) in [5.41, 5.74) is 1.26. The molecule has 166 valence electrons. The van der Waals surface area contributed by atoms with Crippen LogP contribution >= 0.6 is 11.8 Å². The number of rotatable bonds is 11. The van der Waals surface area contributed by atoms with Crippen molar-refractivity contribution in [1.82, 2.24) is 20.1 Å². The summed E-state index contributed by atoms with van der Waals surface area (Å²) in [6.07, 6.45) is 1.72. The highest BCUT2D eigenvalue weighted by atomic mass is 32.2. The number of carbonyl (C=O) groups excluding carboxylic acids is 2. The molecule has 0 aliphatic rings. The van der Waals surface area contributed by atoms with Crippen molar-refractivity contribution in [2.24, 2.45) is 0 Å². The molecule has 32 heavy (non-hydrogen) atoms.